The van der Waals surface area contributed by atoms with Gasteiger partial charge < -0.3 is 10.1 Å². The number of methoxy groups -OCH3 is 1. The molecule has 1 amide bonds. The fourth-order valence-electron chi connectivity index (χ4n) is 2.26. The number of nitrogens with one attached hydrogen (secondary N) is 1. The predicted octanol–water partition coefficient (Wildman–Crippen LogP) is 3.83. The van der Waals surface area contributed by atoms with Crippen molar-refractivity contribution in [2.45, 2.75) is 30.0 Å². The summed E-state index contributed by atoms with van der Waals surface area (Å²) in [7, 11) is 1.36. The highest BCUT2D eigenvalue weighted by atomic mass is 32.2. The van der Waals surface area contributed by atoms with E-state index in [1.807, 2.05) is 55.5 Å². The lowest BCUT2D eigenvalue weighted by molar-refractivity contribution is -0.139. The molecule has 2 atom stereocenters. The van der Waals surface area contributed by atoms with Gasteiger partial charge in [-0.25, -0.2) is 0 Å². The van der Waals surface area contributed by atoms with Gasteiger partial charge in [-0.15, -0.1) is 11.8 Å². The number of amides is 1. The van der Waals surface area contributed by atoms with Crippen molar-refractivity contribution in [1.29, 1.82) is 0 Å². The minimum Gasteiger partial charge on any atom is -0.468 e. The minimum absolute atomic E-state index is 0.102. The van der Waals surface area contributed by atoms with Crippen molar-refractivity contribution in [2.24, 2.45) is 0 Å². The van der Waals surface area contributed by atoms with Crippen LogP contribution in [0.5, 0.6) is 0 Å². The first-order valence-electron chi connectivity index (χ1n) is 7.72. The zero-order chi connectivity index (χ0) is 17.5. The van der Waals surface area contributed by atoms with Gasteiger partial charge in [-0.1, -0.05) is 42.5 Å². The molecule has 0 saturated carbocycles. The molecule has 2 aromatic rings. The summed E-state index contributed by atoms with van der Waals surface area (Å²) in [5, 5.41) is 2.62. The summed E-state index contributed by atoms with van der Waals surface area (Å²) in [6, 6.07) is 17.0. The first-order chi connectivity index (χ1) is 11.5. The third kappa shape index (κ3) is 4.61. The first-order valence-corrected chi connectivity index (χ1v) is 8.60. The highest BCUT2D eigenvalue weighted by Gasteiger charge is 2.20. The van der Waals surface area contributed by atoms with Gasteiger partial charge in [0.2, 0.25) is 0 Å². The van der Waals surface area contributed by atoms with Crippen molar-refractivity contribution < 1.29 is 14.3 Å². The van der Waals surface area contributed by atoms with Crippen molar-refractivity contribution in [3.63, 3.8) is 0 Å². The molecule has 5 heteroatoms. The van der Waals surface area contributed by atoms with E-state index in [1.54, 1.807) is 13.0 Å². The van der Waals surface area contributed by atoms with Crippen LogP contribution in [0.2, 0.25) is 0 Å². The molecule has 126 valence electrons. The largest absolute Gasteiger partial charge is 0.468 e. The molecule has 0 spiro atoms. The van der Waals surface area contributed by atoms with Crippen LogP contribution in [-0.2, 0) is 9.53 Å². The van der Waals surface area contributed by atoms with Gasteiger partial charge in [0, 0.05) is 4.90 Å². The Bertz CT molecular complexity index is 703. The van der Waals surface area contributed by atoms with Crippen LogP contribution in [0.25, 0.3) is 0 Å². The van der Waals surface area contributed by atoms with Gasteiger partial charge in [0.1, 0.15) is 5.25 Å². The Labute approximate surface area is 146 Å². The molecule has 0 radical (unpaired) electrons. The van der Waals surface area contributed by atoms with Gasteiger partial charge in [0.25, 0.3) is 5.91 Å². The molecule has 2 rings (SSSR count). The summed E-state index contributed by atoms with van der Waals surface area (Å²) in [6.45, 7) is 3.71. The van der Waals surface area contributed by atoms with E-state index in [0.29, 0.717) is 5.56 Å². The SMILES string of the molecule is COC(=O)[C@@H](C)Sc1ccccc1C(=O)N[C@H](C)c1ccccc1. The second-order valence-corrected chi connectivity index (χ2v) is 6.77. The quantitative estimate of drug-likeness (QED) is 0.640. The molecule has 0 unspecified atom stereocenters. The molecule has 1 N–H and O–H groups in total. The number of thioether (sulfide) groups is 1. The topological polar surface area (TPSA) is 55.4 Å². The molecule has 0 heterocycles. The number of carbonyl (C=O) groups is 2. The number of ether oxygens (including phenoxy) is 1. The lowest BCUT2D eigenvalue weighted by Gasteiger charge is -2.17. The molecule has 0 aliphatic carbocycles. The Morgan fingerprint density at radius 1 is 1.00 bits per heavy atom. The van der Waals surface area contributed by atoms with Crippen molar-refractivity contribution in [3.8, 4) is 0 Å². The normalized spacial score (nSPS) is 13.0. The molecule has 0 saturated heterocycles. The van der Waals surface area contributed by atoms with Crippen LogP contribution in [0.1, 0.15) is 35.8 Å². The number of rotatable bonds is 6. The van der Waals surface area contributed by atoms with E-state index in [2.05, 4.69) is 5.32 Å². The molecule has 0 aliphatic rings. The molecule has 24 heavy (non-hydrogen) atoms. The van der Waals surface area contributed by atoms with Crippen LogP contribution in [0, 0.1) is 0 Å². The number of esters is 1. The molecule has 0 aliphatic heterocycles. The minimum atomic E-state index is -0.379. The predicted molar refractivity (Wildman–Crippen MR) is 96.1 cm³/mol. The Morgan fingerprint density at radius 3 is 2.29 bits per heavy atom. The van der Waals surface area contributed by atoms with E-state index in [4.69, 9.17) is 4.74 Å². The summed E-state index contributed by atoms with van der Waals surface area (Å²) in [5.41, 5.74) is 1.60. The third-order valence-electron chi connectivity index (χ3n) is 3.62. The fraction of sp³-hybridized carbons (Fsp3) is 0.263. The van der Waals surface area contributed by atoms with Crippen molar-refractivity contribution in [1.82, 2.24) is 5.32 Å². The standard InChI is InChI=1S/C19H21NO3S/c1-13(15-9-5-4-6-10-15)20-18(21)16-11-7-8-12-17(16)24-14(2)19(22)23-3/h4-14H,1-3H3,(H,20,21)/t13-,14-/m1/s1. The fourth-order valence-corrected chi connectivity index (χ4v) is 3.28. The van der Waals surface area contributed by atoms with Crippen LogP contribution in [0.15, 0.2) is 59.5 Å². The van der Waals surface area contributed by atoms with Crippen molar-refractivity contribution in [2.75, 3.05) is 7.11 Å². The zero-order valence-corrected chi connectivity index (χ0v) is 14.8. The Balaban J connectivity index is 2.13. The van der Waals surface area contributed by atoms with Crippen molar-refractivity contribution >= 4 is 23.6 Å². The van der Waals surface area contributed by atoms with Gasteiger partial charge in [-0.05, 0) is 31.5 Å². The number of carbonyl (C=O) groups excluding carboxylic acids is 2. The zero-order valence-electron chi connectivity index (χ0n) is 14.0. The lowest BCUT2D eigenvalue weighted by Crippen LogP contribution is -2.27. The first kappa shape index (κ1) is 18.1. The van der Waals surface area contributed by atoms with E-state index in [1.165, 1.54) is 18.9 Å². The van der Waals surface area contributed by atoms with Crippen LogP contribution in [-0.4, -0.2) is 24.2 Å². The smallest absolute Gasteiger partial charge is 0.318 e. The van der Waals surface area contributed by atoms with Crippen LogP contribution in [0.4, 0.5) is 0 Å². The average molecular weight is 343 g/mol. The third-order valence-corrected chi connectivity index (χ3v) is 4.77. The van der Waals surface area contributed by atoms with E-state index >= 15 is 0 Å². The molecule has 2 aromatic carbocycles. The van der Waals surface area contributed by atoms with Crippen LogP contribution in [0.3, 0.4) is 0 Å². The van der Waals surface area contributed by atoms with Gasteiger partial charge in [0.05, 0.1) is 18.7 Å². The molecule has 4 nitrogen and oxygen atoms in total. The van der Waals surface area contributed by atoms with E-state index in [9.17, 15) is 9.59 Å². The van der Waals surface area contributed by atoms with Gasteiger partial charge in [0.15, 0.2) is 0 Å². The van der Waals surface area contributed by atoms with E-state index < -0.39 is 0 Å². The lowest BCUT2D eigenvalue weighted by atomic mass is 10.1. The highest BCUT2D eigenvalue weighted by Crippen LogP contribution is 2.28. The van der Waals surface area contributed by atoms with Crippen LogP contribution < -0.4 is 5.32 Å². The van der Waals surface area contributed by atoms with Crippen molar-refractivity contribution in [3.05, 3.63) is 65.7 Å². The molecule has 0 bridgehead atoms. The highest BCUT2D eigenvalue weighted by molar-refractivity contribution is 8.00. The second-order valence-electron chi connectivity index (χ2n) is 5.39. The van der Waals surface area contributed by atoms with Gasteiger partial charge >= 0.3 is 5.97 Å². The molecular weight excluding hydrogens is 322 g/mol. The number of hydrogen-bond donors (Lipinski definition) is 1. The number of hydrogen-bond acceptors (Lipinski definition) is 4. The maximum atomic E-state index is 12.6. The Kier molecular flexibility index (Phi) is 6.44. The molecule has 0 fully saturated rings. The average Bonchev–Trinajstić information content (AvgIpc) is 2.62. The number of benzene rings is 2. The van der Waals surface area contributed by atoms with E-state index in [0.717, 1.165) is 10.5 Å². The monoisotopic (exact) mass is 343 g/mol. The van der Waals surface area contributed by atoms with Gasteiger partial charge in [-0.3, -0.25) is 9.59 Å². The Hall–Kier alpha value is -2.27. The Morgan fingerprint density at radius 2 is 1.62 bits per heavy atom. The summed E-state index contributed by atoms with van der Waals surface area (Å²) in [5.74, 6) is -0.473. The molecule has 0 aromatic heterocycles. The molecular formula is C19H21NO3S. The summed E-state index contributed by atoms with van der Waals surface area (Å²) in [6.07, 6.45) is 0. The maximum absolute atomic E-state index is 12.6. The maximum Gasteiger partial charge on any atom is 0.318 e. The summed E-state index contributed by atoms with van der Waals surface area (Å²) in [4.78, 5) is 25.0. The summed E-state index contributed by atoms with van der Waals surface area (Å²) >= 11 is 1.32. The van der Waals surface area contributed by atoms with Crippen LogP contribution >= 0.6 is 11.8 Å². The van der Waals surface area contributed by atoms with E-state index in [-0.39, 0.29) is 23.2 Å². The summed E-state index contributed by atoms with van der Waals surface area (Å²) < 4.78 is 4.75. The van der Waals surface area contributed by atoms with Gasteiger partial charge in [-0.2, -0.15) is 0 Å². The second kappa shape index (κ2) is 8.55.